The molecule has 23 heavy (non-hydrogen) atoms. The molecule has 5 heteroatoms. The first kappa shape index (κ1) is 16.1. The molecule has 0 unspecified atom stereocenters. The second-order valence-corrected chi connectivity index (χ2v) is 18.1. The van der Waals surface area contributed by atoms with Crippen LogP contribution in [0.1, 0.15) is 0 Å². The molecule has 0 bridgehead atoms. The Kier molecular flexibility index (Phi) is 3.80. The predicted octanol–water partition coefficient (Wildman–Crippen LogP) is 3.51. The molecule has 0 aliphatic carbocycles. The highest BCUT2D eigenvalue weighted by Crippen LogP contribution is 2.21. The second-order valence-electron chi connectivity index (χ2n) is 8.20. The lowest BCUT2D eigenvalue weighted by Crippen LogP contribution is -2.58. The topological polar surface area (TPSA) is 30.7 Å². The highest BCUT2D eigenvalue weighted by atomic mass is 28.3. The van der Waals surface area contributed by atoms with E-state index in [1.807, 2.05) is 0 Å². The first-order valence-electron chi connectivity index (χ1n) is 8.14. The zero-order valence-corrected chi connectivity index (χ0v) is 16.9. The van der Waals surface area contributed by atoms with Gasteiger partial charge in [0.15, 0.2) is 0 Å². The fraction of sp³-hybridized carbons (Fsp3) is 0.333. The third kappa shape index (κ3) is 2.91. The molecule has 2 aromatic carbocycles. The molecule has 0 amide bonds. The fourth-order valence-electron chi connectivity index (χ4n) is 3.02. The molecule has 0 fully saturated rings. The van der Waals surface area contributed by atoms with Crippen LogP contribution in [0.5, 0.6) is 0 Å². The molecule has 3 rings (SSSR count). The van der Waals surface area contributed by atoms with E-state index in [-0.39, 0.29) is 0 Å². The Labute approximate surface area is 140 Å². The van der Waals surface area contributed by atoms with Crippen molar-refractivity contribution in [3.8, 4) is 5.69 Å². The van der Waals surface area contributed by atoms with Gasteiger partial charge in [0.05, 0.1) is 11.0 Å². The van der Waals surface area contributed by atoms with Gasteiger partial charge >= 0.3 is 0 Å². The highest BCUT2D eigenvalue weighted by molar-refractivity contribution is 6.97. The minimum Gasteiger partial charge on any atom is -0.222 e. The van der Waals surface area contributed by atoms with Crippen molar-refractivity contribution in [2.75, 3.05) is 0 Å². The summed E-state index contributed by atoms with van der Waals surface area (Å²) in [5, 5.41) is 14.4. The van der Waals surface area contributed by atoms with Gasteiger partial charge in [-0.05, 0) is 11.5 Å². The molecular weight excluding hydrogens is 314 g/mol. The minimum atomic E-state index is -1.58. The summed E-state index contributed by atoms with van der Waals surface area (Å²) in [7, 11) is -3.10. The van der Waals surface area contributed by atoms with E-state index in [2.05, 4.69) is 96.7 Å². The van der Waals surface area contributed by atoms with E-state index in [1.54, 1.807) is 0 Å². The lowest BCUT2D eigenvalue weighted by molar-refractivity contribution is 0.821. The minimum absolute atomic E-state index is 1.15. The number of benzene rings is 2. The molecule has 0 saturated carbocycles. The van der Waals surface area contributed by atoms with Crippen LogP contribution in [0.4, 0.5) is 0 Å². The van der Waals surface area contributed by atoms with E-state index in [0.717, 1.165) is 5.69 Å². The predicted molar refractivity (Wildman–Crippen MR) is 105 cm³/mol. The maximum Gasteiger partial charge on any atom is 0.106 e. The van der Waals surface area contributed by atoms with Crippen molar-refractivity contribution in [2.24, 2.45) is 0 Å². The molecular formula is C18H25N3Si2. The molecule has 0 saturated heterocycles. The third-order valence-corrected chi connectivity index (χ3v) is 7.96. The van der Waals surface area contributed by atoms with Gasteiger partial charge in [0.1, 0.15) is 16.1 Å². The van der Waals surface area contributed by atoms with Crippen LogP contribution in [0.25, 0.3) is 16.5 Å². The van der Waals surface area contributed by atoms with Crippen LogP contribution in [0.3, 0.4) is 0 Å². The Hall–Kier alpha value is -1.73. The van der Waals surface area contributed by atoms with Gasteiger partial charge in [0.2, 0.25) is 0 Å². The average molecular weight is 340 g/mol. The van der Waals surface area contributed by atoms with Gasteiger partial charge in [-0.15, -0.1) is 5.10 Å². The smallest absolute Gasteiger partial charge is 0.106 e. The van der Waals surface area contributed by atoms with Crippen molar-refractivity contribution >= 4 is 37.6 Å². The lowest BCUT2D eigenvalue weighted by atomic mass is 10.1. The maximum absolute atomic E-state index is 4.65. The summed E-state index contributed by atoms with van der Waals surface area (Å²) in [5.74, 6) is 0. The molecule has 0 aliphatic rings. The normalized spacial score (nSPS) is 12.8. The summed E-state index contributed by atoms with van der Waals surface area (Å²) in [6, 6.07) is 14.9. The SMILES string of the molecule is C[Si](C)(C)c1nnn(-c2cccc3ccccc23)c1[Si](C)(C)C. The number of rotatable bonds is 3. The van der Waals surface area contributed by atoms with Crippen molar-refractivity contribution < 1.29 is 0 Å². The van der Waals surface area contributed by atoms with Gasteiger partial charge < -0.3 is 0 Å². The van der Waals surface area contributed by atoms with Crippen LogP contribution in [-0.4, -0.2) is 31.1 Å². The van der Waals surface area contributed by atoms with E-state index in [0.29, 0.717) is 0 Å². The van der Waals surface area contributed by atoms with Crippen molar-refractivity contribution in [1.82, 2.24) is 15.0 Å². The molecule has 0 spiro atoms. The van der Waals surface area contributed by atoms with Crippen molar-refractivity contribution in [1.29, 1.82) is 0 Å². The molecule has 0 radical (unpaired) electrons. The largest absolute Gasteiger partial charge is 0.222 e. The number of hydrogen-bond donors (Lipinski definition) is 0. The summed E-state index contributed by atoms with van der Waals surface area (Å²) in [6.45, 7) is 14.2. The zero-order valence-electron chi connectivity index (χ0n) is 14.9. The van der Waals surface area contributed by atoms with E-state index in [1.165, 1.54) is 21.4 Å². The number of nitrogens with zero attached hydrogens (tertiary/aromatic N) is 3. The number of aromatic nitrogens is 3. The Bertz CT molecular complexity index is 849. The van der Waals surface area contributed by atoms with Gasteiger partial charge in [-0.25, -0.2) is 4.68 Å². The third-order valence-electron chi connectivity index (χ3n) is 4.09. The van der Waals surface area contributed by atoms with E-state index >= 15 is 0 Å². The molecule has 1 heterocycles. The average Bonchev–Trinajstić information content (AvgIpc) is 2.91. The second kappa shape index (κ2) is 5.42. The molecule has 0 aliphatic heterocycles. The summed E-state index contributed by atoms with van der Waals surface area (Å²) in [6.07, 6.45) is 0. The first-order chi connectivity index (χ1) is 10.7. The molecule has 3 nitrogen and oxygen atoms in total. The monoisotopic (exact) mass is 339 g/mol. The van der Waals surface area contributed by atoms with Crippen molar-refractivity contribution in [3.63, 3.8) is 0 Å². The summed E-state index contributed by atoms with van der Waals surface area (Å²) in [4.78, 5) is 0. The van der Waals surface area contributed by atoms with Crippen LogP contribution in [0.2, 0.25) is 39.3 Å². The van der Waals surface area contributed by atoms with E-state index in [4.69, 9.17) is 0 Å². The van der Waals surface area contributed by atoms with Crippen LogP contribution in [-0.2, 0) is 0 Å². The molecule has 0 atom stereocenters. The highest BCUT2D eigenvalue weighted by Gasteiger charge is 2.34. The number of hydrogen-bond acceptors (Lipinski definition) is 2. The maximum atomic E-state index is 4.65. The quantitative estimate of drug-likeness (QED) is 0.684. The van der Waals surface area contributed by atoms with E-state index < -0.39 is 16.1 Å². The molecule has 3 aromatic rings. The summed E-state index contributed by atoms with van der Waals surface area (Å²) >= 11 is 0. The summed E-state index contributed by atoms with van der Waals surface area (Å²) in [5.41, 5.74) is 1.15. The van der Waals surface area contributed by atoms with Gasteiger partial charge in [0, 0.05) is 10.7 Å². The lowest BCUT2D eigenvalue weighted by Gasteiger charge is -2.24. The van der Waals surface area contributed by atoms with Crippen molar-refractivity contribution in [2.45, 2.75) is 39.3 Å². The van der Waals surface area contributed by atoms with Gasteiger partial charge in [-0.3, -0.25) is 0 Å². The Morgan fingerprint density at radius 2 is 1.43 bits per heavy atom. The molecule has 120 valence electrons. The van der Waals surface area contributed by atoms with Crippen LogP contribution >= 0.6 is 0 Å². The first-order valence-corrected chi connectivity index (χ1v) is 15.1. The summed E-state index contributed by atoms with van der Waals surface area (Å²) < 4.78 is 2.13. The Morgan fingerprint density at radius 3 is 2.09 bits per heavy atom. The standard InChI is InChI=1S/C18H25N3Si2/c1-22(2,3)17-18(23(4,5)6)21(20-19-17)16-13-9-11-14-10-7-8-12-15(14)16/h7-13H,1-6H3. The van der Waals surface area contributed by atoms with Crippen LogP contribution in [0, 0.1) is 0 Å². The van der Waals surface area contributed by atoms with E-state index in [9.17, 15) is 0 Å². The van der Waals surface area contributed by atoms with Gasteiger partial charge in [0.25, 0.3) is 0 Å². The van der Waals surface area contributed by atoms with Gasteiger partial charge in [-0.2, -0.15) is 0 Å². The van der Waals surface area contributed by atoms with Crippen LogP contribution < -0.4 is 10.6 Å². The molecule has 0 N–H and O–H groups in total. The molecule has 1 aromatic heterocycles. The number of fused-ring (bicyclic) bond motifs is 1. The van der Waals surface area contributed by atoms with Crippen molar-refractivity contribution in [3.05, 3.63) is 42.5 Å². The Morgan fingerprint density at radius 1 is 0.783 bits per heavy atom. The fourth-order valence-corrected chi connectivity index (χ4v) is 7.99. The Balaban J connectivity index is 2.34. The zero-order chi connectivity index (χ0) is 16.8. The van der Waals surface area contributed by atoms with Gasteiger partial charge in [-0.1, -0.05) is 80.9 Å². The van der Waals surface area contributed by atoms with Crippen LogP contribution in [0.15, 0.2) is 42.5 Å².